The summed E-state index contributed by atoms with van der Waals surface area (Å²) in [5, 5.41) is 0. The van der Waals surface area contributed by atoms with E-state index < -0.39 is 41.3 Å². The van der Waals surface area contributed by atoms with E-state index in [9.17, 15) is 21.6 Å². The zero-order chi connectivity index (χ0) is 20.4. The van der Waals surface area contributed by atoms with Gasteiger partial charge in [0.25, 0.3) is 5.91 Å². The average molecular weight is 409 g/mol. The van der Waals surface area contributed by atoms with Gasteiger partial charge in [0.15, 0.2) is 15.8 Å². The topological polar surface area (TPSA) is 150 Å². The van der Waals surface area contributed by atoms with E-state index >= 15 is 0 Å². The maximum Gasteiger partial charge on any atom is 0.280 e. The van der Waals surface area contributed by atoms with Crippen molar-refractivity contribution in [1.29, 1.82) is 0 Å². The molecule has 2 rings (SSSR count). The second kappa shape index (κ2) is 7.49. The first-order valence-corrected chi connectivity index (χ1v) is 11.2. The molecule has 0 saturated carbocycles. The predicted molar refractivity (Wildman–Crippen MR) is 101 cm³/mol. The van der Waals surface area contributed by atoms with Crippen LogP contribution in [0.2, 0.25) is 0 Å². The molecule has 8 nitrogen and oxygen atoms in total. The largest absolute Gasteiger partial charge is 0.370 e. The van der Waals surface area contributed by atoms with Crippen molar-refractivity contribution in [3.63, 3.8) is 0 Å². The van der Waals surface area contributed by atoms with Crippen LogP contribution in [0.25, 0.3) is 0 Å². The molecule has 1 amide bonds. The predicted octanol–water partition coefficient (Wildman–Crippen LogP) is 0.899. The minimum absolute atomic E-state index is 0.0553. The van der Waals surface area contributed by atoms with Crippen molar-refractivity contribution >= 4 is 31.5 Å². The van der Waals surface area contributed by atoms with Crippen LogP contribution in [-0.4, -0.2) is 35.0 Å². The molecule has 0 aromatic heterocycles. The molecule has 4 N–H and O–H groups in total. The monoisotopic (exact) mass is 409 g/mol. The Kier molecular flexibility index (Phi) is 5.71. The molecule has 0 aliphatic rings. The van der Waals surface area contributed by atoms with Crippen LogP contribution < -0.4 is 11.5 Å². The Morgan fingerprint density at radius 1 is 1.00 bits per heavy atom. The molecule has 0 aliphatic heterocycles. The SMILES string of the molecule is CCc1cc(S(=O)(=O)c2ccccc2)c(S(C)(=O)=O)cc1C(=O)N=C(N)N. The van der Waals surface area contributed by atoms with Crippen molar-refractivity contribution in [3.8, 4) is 0 Å². The number of benzene rings is 2. The third-order valence-electron chi connectivity index (χ3n) is 3.75. The average Bonchev–Trinajstić information content (AvgIpc) is 2.59. The number of hydrogen-bond donors (Lipinski definition) is 2. The zero-order valence-corrected chi connectivity index (χ0v) is 16.3. The minimum Gasteiger partial charge on any atom is -0.370 e. The van der Waals surface area contributed by atoms with Crippen LogP contribution in [0.3, 0.4) is 0 Å². The number of amides is 1. The molecule has 0 radical (unpaired) electrons. The van der Waals surface area contributed by atoms with Crippen LogP contribution in [0.4, 0.5) is 0 Å². The van der Waals surface area contributed by atoms with Crippen LogP contribution in [0.15, 0.2) is 62.1 Å². The van der Waals surface area contributed by atoms with Crippen molar-refractivity contribution in [2.75, 3.05) is 6.26 Å². The van der Waals surface area contributed by atoms with E-state index in [0.717, 1.165) is 12.3 Å². The summed E-state index contributed by atoms with van der Waals surface area (Å²) in [4.78, 5) is 14.7. The van der Waals surface area contributed by atoms with Crippen molar-refractivity contribution in [2.24, 2.45) is 16.5 Å². The van der Waals surface area contributed by atoms with Gasteiger partial charge in [-0.25, -0.2) is 16.8 Å². The van der Waals surface area contributed by atoms with Crippen LogP contribution in [0.5, 0.6) is 0 Å². The smallest absolute Gasteiger partial charge is 0.280 e. The highest BCUT2D eigenvalue weighted by molar-refractivity contribution is 7.94. The highest BCUT2D eigenvalue weighted by atomic mass is 32.2. The number of carbonyl (C=O) groups excluding carboxylic acids is 1. The molecule has 0 unspecified atom stereocenters. The Morgan fingerprint density at radius 2 is 1.59 bits per heavy atom. The molecular weight excluding hydrogens is 390 g/mol. The number of guanidine groups is 1. The molecule has 10 heteroatoms. The molecule has 0 atom stereocenters. The first-order chi connectivity index (χ1) is 12.5. The van der Waals surface area contributed by atoms with Crippen LogP contribution >= 0.6 is 0 Å². The van der Waals surface area contributed by atoms with Gasteiger partial charge in [0.1, 0.15) is 0 Å². The Morgan fingerprint density at radius 3 is 2.07 bits per heavy atom. The molecule has 0 saturated heterocycles. The summed E-state index contributed by atoms with van der Waals surface area (Å²) in [5.41, 5.74) is 10.7. The molecule has 2 aromatic carbocycles. The fourth-order valence-corrected chi connectivity index (χ4v) is 5.43. The second-order valence-corrected chi connectivity index (χ2v) is 9.64. The number of aryl methyl sites for hydroxylation is 1. The fourth-order valence-electron chi connectivity index (χ4n) is 2.50. The molecule has 0 spiro atoms. The zero-order valence-electron chi connectivity index (χ0n) is 14.7. The molecule has 0 fully saturated rings. The highest BCUT2D eigenvalue weighted by Crippen LogP contribution is 2.31. The van der Waals surface area contributed by atoms with Gasteiger partial charge in [0, 0.05) is 11.8 Å². The van der Waals surface area contributed by atoms with E-state index in [4.69, 9.17) is 11.5 Å². The lowest BCUT2D eigenvalue weighted by molar-refractivity contribution is 0.100. The molecular formula is C17H19N3O5S2. The highest BCUT2D eigenvalue weighted by Gasteiger charge is 2.28. The van der Waals surface area contributed by atoms with Gasteiger partial charge in [0.05, 0.1) is 14.7 Å². The Balaban J connectivity index is 2.87. The van der Waals surface area contributed by atoms with E-state index in [2.05, 4.69) is 4.99 Å². The third-order valence-corrected chi connectivity index (χ3v) is 6.83. The van der Waals surface area contributed by atoms with Crippen LogP contribution in [0, 0.1) is 0 Å². The number of hydrogen-bond acceptors (Lipinski definition) is 5. The van der Waals surface area contributed by atoms with Crippen molar-refractivity contribution in [2.45, 2.75) is 28.0 Å². The maximum atomic E-state index is 13.0. The summed E-state index contributed by atoms with van der Waals surface area (Å²) < 4.78 is 50.6. The number of rotatable bonds is 5. The van der Waals surface area contributed by atoms with Crippen LogP contribution in [-0.2, 0) is 26.1 Å². The van der Waals surface area contributed by atoms with Crippen LogP contribution in [0.1, 0.15) is 22.8 Å². The summed E-state index contributed by atoms with van der Waals surface area (Å²) in [7, 11) is -8.10. The third kappa shape index (κ3) is 4.34. The summed E-state index contributed by atoms with van der Waals surface area (Å²) in [6.07, 6.45) is 1.13. The molecule has 0 heterocycles. The first-order valence-electron chi connectivity index (χ1n) is 7.79. The van der Waals surface area contributed by atoms with Gasteiger partial charge in [0.2, 0.25) is 9.84 Å². The Bertz CT molecular complexity index is 1120. The molecule has 2 aromatic rings. The lowest BCUT2D eigenvalue weighted by atomic mass is 10.0. The number of nitrogens with zero attached hydrogens (tertiary/aromatic N) is 1. The van der Waals surface area contributed by atoms with Crippen molar-refractivity contribution in [3.05, 3.63) is 53.6 Å². The van der Waals surface area contributed by atoms with E-state index in [1.807, 2.05) is 0 Å². The van der Waals surface area contributed by atoms with E-state index in [0.29, 0.717) is 5.56 Å². The van der Waals surface area contributed by atoms with E-state index in [-0.39, 0.29) is 16.9 Å². The standard InChI is InChI=1S/C17H19N3O5S2/c1-3-11-9-15(27(24,25)12-7-5-4-6-8-12)14(26(2,22)23)10-13(11)16(21)20-17(18)19/h4-10H,3H2,1-2H3,(H4,18,19,20,21). The second-order valence-electron chi connectivity index (χ2n) is 5.74. The number of carbonyl (C=O) groups is 1. The Hall–Kier alpha value is -2.72. The lowest BCUT2D eigenvalue weighted by Gasteiger charge is -2.14. The van der Waals surface area contributed by atoms with Gasteiger partial charge in [-0.15, -0.1) is 0 Å². The summed E-state index contributed by atoms with van der Waals surface area (Å²) in [5.74, 6) is -1.33. The minimum atomic E-state index is -4.13. The van der Waals surface area contributed by atoms with Gasteiger partial charge in [-0.1, -0.05) is 25.1 Å². The molecule has 27 heavy (non-hydrogen) atoms. The first kappa shape index (κ1) is 20.6. The Labute approximate surface area is 157 Å². The van der Waals surface area contributed by atoms with Gasteiger partial charge in [-0.2, -0.15) is 4.99 Å². The molecule has 0 bridgehead atoms. The summed E-state index contributed by atoms with van der Waals surface area (Å²) in [6.45, 7) is 1.70. The van der Waals surface area contributed by atoms with Crippen molar-refractivity contribution < 1.29 is 21.6 Å². The van der Waals surface area contributed by atoms with E-state index in [1.54, 1.807) is 13.0 Å². The summed E-state index contributed by atoms with van der Waals surface area (Å²) in [6, 6.07) is 9.64. The number of aliphatic imine (C=N–C) groups is 1. The van der Waals surface area contributed by atoms with Gasteiger partial charge >= 0.3 is 0 Å². The fraction of sp³-hybridized carbons (Fsp3) is 0.176. The molecule has 0 aliphatic carbocycles. The summed E-state index contributed by atoms with van der Waals surface area (Å²) >= 11 is 0. The molecule has 144 valence electrons. The number of sulfone groups is 2. The maximum absolute atomic E-state index is 13.0. The van der Waals surface area contributed by atoms with Crippen molar-refractivity contribution in [1.82, 2.24) is 0 Å². The van der Waals surface area contributed by atoms with Gasteiger partial charge in [-0.05, 0) is 36.2 Å². The normalized spacial score (nSPS) is 11.8. The quantitative estimate of drug-likeness (QED) is 0.550. The number of nitrogens with two attached hydrogens (primary N) is 2. The van der Waals surface area contributed by atoms with Gasteiger partial charge < -0.3 is 11.5 Å². The lowest BCUT2D eigenvalue weighted by Crippen LogP contribution is -2.24. The van der Waals surface area contributed by atoms with Gasteiger partial charge in [-0.3, -0.25) is 4.79 Å². The van der Waals surface area contributed by atoms with E-state index in [1.165, 1.54) is 30.3 Å².